The van der Waals surface area contributed by atoms with Crippen LogP contribution in [0.3, 0.4) is 0 Å². The van der Waals surface area contributed by atoms with Crippen molar-refractivity contribution in [3.63, 3.8) is 0 Å². The van der Waals surface area contributed by atoms with Gasteiger partial charge >= 0.3 is 0 Å². The lowest BCUT2D eigenvalue weighted by Gasteiger charge is -2.31. The summed E-state index contributed by atoms with van der Waals surface area (Å²) < 4.78 is 3.64. The Morgan fingerprint density at radius 3 is 2.90 bits per heavy atom. The number of phenols is 1. The average Bonchev–Trinajstić information content (AvgIpc) is 3.39. The molecular formula is C24H25N5O2. The maximum absolute atomic E-state index is 13.2. The first-order valence-corrected chi connectivity index (χ1v) is 10.9. The van der Waals surface area contributed by atoms with Crippen LogP contribution in [0.5, 0.6) is 5.75 Å². The van der Waals surface area contributed by atoms with E-state index in [-0.39, 0.29) is 22.9 Å². The number of benzene rings is 1. The number of aromatic hydroxyl groups is 1. The van der Waals surface area contributed by atoms with Crippen molar-refractivity contribution in [2.45, 2.75) is 44.2 Å². The van der Waals surface area contributed by atoms with E-state index in [0.29, 0.717) is 22.2 Å². The van der Waals surface area contributed by atoms with Crippen LogP contribution in [-0.2, 0) is 7.05 Å². The molecule has 4 heterocycles. The monoisotopic (exact) mass is 415 g/mol. The fourth-order valence-corrected chi connectivity index (χ4v) is 5.11. The molecule has 2 fully saturated rings. The van der Waals surface area contributed by atoms with E-state index < -0.39 is 0 Å². The van der Waals surface area contributed by atoms with Crippen LogP contribution in [0.2, 0.25) is 0 Å². The molecule has 1 unspecified atom stereocenters. The van der Waals surface area contributed by atoms with Gasteiger partial charge in [0.15, 0.2) is 0 Å². The number of phenolic OH excluding ortho intramolecular Hbond substituents is 1. The number of nitrogens with one attached hydrogen (secondary N) is 1. The van der Waals surface area contributed by atoms with Gasteiger partial charge in [0.05, 0.1) is 22.1 Å². The molecule has 1 aliphatic carbocycles. The highest BCUT2D eigenvalue weighted by molar-refractivity contribution is 5.91. The van der Waals surface area contributed by atoms with Crippen molar-refractivity contribution in [3.8, 4) is 17.0 Å². The van der Waals surface area contributed by atoms with Crippen LogP contribution in [0, 0.1) is 6.92 Å². The van der Waals surface area contributed by atoms with Gasteiger partial charge in [0.2, 0.25) is 0 Å². The Labute approximate surface area is 179 Å². The minimum Gasteiger partial charge on any atom is -0.507 e. The van der Waals surface area contributed by atoms with Gasteiger partial charge in [0.1, 0.15) is 5.75 Å². The molecule has 2 N–H and O–H groups in total. The molecular weight excluding hydrogens is 390 g/mol. The number of aromatic nitrogens is 4. The van der Waals surface area contributed by atoms with Crippen LogP contribution < -0.4 is 10.9 Å². The number of fused-ring (bicyclic) bond motifs is 2. The molecule has 6 rings (SSSR count). The molecule has 0 bridgehead atoms. The molecule has 158 valence electrons. The van der Waals surface area contributed by atoms with E-state index >= 15 is 0 Å². The second-order valence-electron chi connectivity index (χ2n) is 9.15. The largest absolute Gasteiger partial charge is 0.507 e. The first-order valence-electron chi connectivity index (χ1n) is 10.9. The molecule has 1 spiro atoms. The van der Waals surface area contributed by atoms with Crippen molar-refractivity contribution in [1.29, 1.82) is 0 Å². The molecule has 1 saturated heterocycles. The first-order chi connectivity index (χ1) is 14.9. The Bertz CT molecular complexity index is 1410. The highest BCUT2D eigenvalue weighted by atomic mass is 16.3. The lowest BCUT2D eigenvalue weighted by Crippen LogP contribution is -2.42. The molecule has 1 aromatic carbocycles. The van der Waals surface area contributed by atoms with Crippen molar-refractivity contribution >= 4 is 21.8 Å². The second-order valence-corrected chi connectivity index (χ2v) is 9.15. The summed E-state index contributed by atoms with van der Waals surface area (Å²) in [7, 11) is 1.86. The summed E-state index contributed by atoms with van der Waals surface area (Å²) in [4.78, 5) is 18.0. The van der Waals surface area contributed by atoms with E-state index in [9.17, 15) is 9.90 Å². The molecule has 0 amide bonds. The van der Waals surface area contributed by atoms with Crippen LogP contribution in [0.15, 0.2) is 41.5 Å². The van der Waals surface area contributed by atoms with Crippen molar-refractivity contribution in [1.82, 2.24) is 24.6 Å². The number of nitrogens with zero attached hydrogens (tertiary/aromatic N) is 4. The van der Waals surface area contributed by atoms with Crippen LogP contribution in [0.4, 0.5) is 0 Å². The zero-order valence-electron chi connectivity index (χ0n) is 17.7. The van der Waals surface area contributed by atoms with E-state index in [1.54, 1.807) is 4.68 Å². The summed E-state index contributed by atoms with van der Waals surface area (Å²) in [5.41, 5.74) is 3.74. The number of rotatable bonds is 2. The summed E-state index contributed by atoms with van der Waals surface area (Å²) >= 11 is 0. The van der Waals surface area contributed by atoms with E-state index in [1.165, 1.54) is 12.8 Å². The lowest BCUT2D eigenvalue weighted by molar-refractivity contribution is 0.282. The quantitative estimate of drug-likeness (QED) is 0.524. The Morgan fingerprint density at radius 2 is 2.10 bits per heavy atom. The molecule has 31 heavy (non-hydrogen) atoms. The molecule has 0 radical (unpaired) electrons. The fraction of sp³-hybridized carbons (Fsp3) is 0.375. The number of aryl methyl sites for hydroxylation is 2. The highest BCUT2D eigenvalue weighted by Crippen LogP contribution is 2.45. The van der Waals surface area contributed by atoms with Crippen LogP contribution >= 0.6 is 0 Å². The highest BCUT2D eigenvalue weighted by Gasteiger charge is 2.46. The molecule has 1 aliphatic heterocycles. The maximum Gasteiger partial charge on any atom is 0.260 e. The van der Waals surface area contributed by atoms with Gasteiger partial charge in [-0.1, -0.05) is 0 Å². The Hall–Kier alpha value is -3.19. The smallest absolute Gasteiger partial charge is 0.260 e. The van der Waals surface area contributed by atoms with Gasteiger partial charge in [-0.15, -0.1) is 0 Å². The minimum atomic E-state index is 0.0161. The zero-order chi connectivity index (χ0) is 21.3. The van der Waals surface area contributed by atoms with Gasteiger partial charge in [-0.3, -0.25) is 9.48 Å². The number of hydrogen-bond acceptors (Lipinski definition) is 5. The third kappa shape index (κ3) is 2.87. The first kappa shape index (κ1) is 18.6. The van der Waals surface area contributed by atoms with Gasteiger partial charge in [-0.25, -0.2) is 4.98 Å². The van der Waals surface area contributed by atoms with Crippen molar-refractivity contribution in [2.75, 3.05) is 6.54 Å². The normalized spacial score (nSPS) is 20.0. The van der Waals surface area contributed by atoms with E-state index in [0.717, 1.165) is 35.9 Å². The Kier molecular flexibility index (Phi) is 3.84. The topological polar surface area (TPSA) is 85.0 Å². The number of hydrogen-bond donors (Lipinski definition) is 2. The van der Waals surface area contributed by atoms with E-state index in [4.69, 9.17) is 4.98 Å². The molecule has 1 saturated carbocycles. The van der Waals surface area contributed by atoms with Gasteiger partial charge in [-0.05, 0) is 63.4 Å². The summed E-state index contributed by atoms with van der Waals surface area (Å²) in [6.07, 6.45) is 8.22. The predicted octanol–water partition coefficient (Wildman–Crippen LogP) is 3.42. The van der Waals surface area contributed by atoms with Crippen LogP contribution in [0.25, 0.3) is 33.1 Å². The third-order valence-electron chi connectivity index (χ3n) is 7.03. The van der Waals surface area contributed by atoms with E-state index in [2.05, 4.69) is 10.4 Å². The summed E-state index contributed by atoms with van der Waals surface area (Å²) in [5.74, 6) is 0.177. The van der Waals surface area contributed by atoms with Gasteiger partial charge in [0, 0.05) is 47.5 Å². The molecule has 7 nitrogen and oxygen atoms in total. The Balaban J connectivity index is 1.43. The molecule has 2 aliphatic rings. The van der Waals surface area contributed by atoms with Gasteiger partial charge < -0.3 is 15.0 Å². The maximum atomic E-state index is 13.2. The predicted molar refractivity (Wildman–Crippen MR) is 120 cm³/mol. The summed E-state index contributed by atoms with van der Waals surface area (Å²) in [6.45, 7) is 2.82. The Morgan fingerprint density at radius 1 is 1.26 bits per heavy atom. The number of piperidine rings is 1. The van der Waals surface area contributed by atoms with Crippen LogP contribution in [-0.4, -0.2) is 36.5 Å². The summed E-state index contributed by atoms with van der Waals surface area (Å²) in [5, 5.41) is 20.4. The third-order valence-corrected chi connectivity index (χ3v) is 7.03. The lowest BCUT2D eigenvalue weighted by atomic mass is 9.97. The SMILES string of the molecule is Cc1c(O)c(-c2ccc3c(=O)n(C4CCNC5(CC5)C4)ccc3n2)cc2cn(C)nc12. The molecule has 3 aromatic heterocycles. The van der Waals surface area contributed by atoms with Crippen molar-refractivity contribution in [2.24, 2.45) is 7.05 Å². The number of pyridine rings is 2. The van der Waals surface area contributed by atoms with Gasteiger partial charge in [-0.2, -0.15) is 5.10 Å². The zero-order valence-corrected chi connectivity index (χ0v) is 17.7. The minimum absolute atomic E-state index is 0.0161. The van der Waals surface area contributed by atoms with Crippen LogP contribution in [0.1, 0.15) is 37.3 Å². The average molecular weight is 415 g/mol. The van der Waals surface area contributed by atoms with E-state index in [1.807, 2.05) is 55.2 Å². The van der Waals surface area contributed by atoms with Gasteiger partial charge in [0.25, 0.3) is 5.56 Å². The molecule has 4 aromatic rings. The van der Waals surface area contributed by atoms with Crippen molar-refractivity contribution < 1.29 is 5.11 Å². The fourth-order valence-electron chi connectivity index (χ4n) is 5.11. The standard InChI is InChI=1S/C24H25N5O2/c1-14-21-15(13-28(2)27-21)11-18(22(14)30)19-4-3-17-20(26-19)6-10-29(23(17)31)16-5-9-25-24(12-16)7-8-24/h3-4,6,10-11,13,16,25,30H,5,7-9,12H2,1-2H3. The summed E-state index contributed by atoms with van der Waals surface area (Å²) in [6, 6.07) is 7.74. The second kappa shape index (κ2) is 6.40. The van der Waals surface area contributed by atoms with Crippen molar-refractivity contribution in [3.05, 3.63) is 52.6 Å². The molecule has 7 heteroatoms. The molecule has 1 atom stereocenters.